The lowest BCUT2D eigenvalue weighted by Crippen LogP contribution is -2.39. The Kier molecular flexibility index (Phi) is 4.49. The molecule has 0 bridgehead atoms. The number of rotatable bonds is 3. The van der Waals surface area contributed by atoms with E-state index in [9.17, 15) is 5.26 Å². The largest absolute Gasteiger partial charge is 0.365 e. The Morgan fingerprint density at radius 2 is 1.95 bits per heavy atom. The number of aryl methyl sites for hydroxylation is 1. The zero-order valence-corrected chi connectivity index (χ0v) is 11.8. The normalized spacial score (nSPS) is 16.4. The van der Waals surface area contributed by atoms with Gasteiger partial charge < -0.3 is 5.32 Å². The summed E-state index contributed by atoms with van der Waals surface area (Å²) in [4.78, 5) is 2.13. The Labute approximate surface area is 119 Å². The third kappa shape index (κ3) is 3.04. The second-order valence-corrected chi connectivity index (χ2v) is 5.10. The molecular formula is C14H18N6. The van der Waals surface area contributed by atoms with Crippen molar-refractivity contribution in [2.24, 2.45) is 0 Å². The number of piperidine rings is 1. The zero-order chi connectivity index (χ0) is 14.5. The van der Waals surface area contributed by atoms with E-state index in [1.54, 1.807) is 0 Å². The number of nitriles is 2. The highest BCUT2D eigenvalue weighted by molar-refractivity contribution is 5.56. The average Bonchev–Trinajstić information content (AvgIpc) is 2.46. The Morgan fingerprint density at radius 3 is 2.55 bits per heavy atom. The molecule has 1 aliphatic rings. The molecule has 0 unspecified atom stereocenters. The van der Waals surface area contributed by atoms with Crippen molar-refractivity contribution in [1.82, 2.24) is 15.1 Å². The Balaban J connectivity index is 2.04. The molecule has 1 aromatic heterocycles. The lowest BCUT2D eigenvalue weighted by molar-refractivity contribution is 0.242. The van der Waals surface area contributed by atoms with Gasteiger partial charge in [-0.1, -0.05) is 0 Å². The van der Waals surface area contributed by atoms with Crippen molar-refractivity contribution in [2.45, 2.75) is 32.7 Å². The minimum absolute atomic E-state index is 0.286. The van der Waals surface area contributed by atoms with E-state index in [0.717, 1.165) is 37.2 Å². The number of nitrogens with one attached hydrogen (secondary N) is 1. The molecule has 20 heavy (non-hydrogen) atoms. The van der Waals surface area contributed by atoms with E-state index in [4.69, 9.17) is 5.26 Å². The van der Waals surface area contributed by atoms with Gasteiger partial charge in [0.25, 0.3) is 0 Å². The molecule has 1 saturated heterocycles. The highest BCUT2D eigenvalue weighted by atomic mass is 15.2. The van der Waals surface area contributed by atoms with Crippen molar-refractivity contribution in [1.29, 1.82) is 10.5 Å². The lowest BCUT2D eigenvalue weighted by Gasteiger charge is -2.31. The van der Waals surface area contributed by atoms with Crippen LogP contribution < -0.4 is 5.32 Å². The summed E-state index contributed by atoms with van der Waals surface area (Å²) < 4.78 is 0. The molecule has 6 heteroatoms. The molecule has 0 saturated carbocycles. The number of hydrogen-bond donors (Lipinski definition) is 1. The second-order valence-electron chi connectivity index (χ2n) is 5.10. The van der Waals surface area contributed by atoms with Crippen molar-refractivity contribution >= 4 is 5.82 Å². The number of anilines is 1. The second kappa shape index (κ2) is 6.31. The van der Waals surface area contributed by atoms with E-state index in [0.29, 0.717) is 17.9 Å². The molecule has 104 valence electrons. The van der Waals surface area contributed by atoms with Crippen molar-refractivity contribution in [3.05, 3.63) is 16.8 Å². The van der Waals surface area contributed by atoms with Gasteiger partial charge in [-0.25, -0.2) is 0 Å². The monoisotopic (exact) mass is 270 g/mol. The van der Waals surface area contributed by atoms with Crippen LogP contribution in [0.3, 0.4) is 0 Å². The summed E-state index contributed by atoms with van der Waals surface area (Å²) in [6, 6.07) is 4.66. The van der Waals surface area contributed by atoms with Gasteiger partial charge in [-0.15, -0.1) is 5.10 Å². The summed E-state index contributed by atoms with van der Waals surface area (Å²) in [7, 11) is 0. The van der Waals surface area contributed by atoms with Crippen LogP contribution in [0.15, 0.2) is 0 Å². The zero-order valence-electron chi connectivity index (χ0n) is 11.8. The van der Waals surface area contributed by atoms with Gasteiger partial charge in [-0.3, -0.25) is 4.90 Å². The minimum Gasteiger partial charge on any atom is -0.365 e. The van der Waals surface area contributed by atoms with Crippen LogP contribution >= 0.6 is 0 Å². The van der Waals surface area contributed by atoms with Crippen LogP contribution in [-0.2, 0) is 0 Å². The minimum atomic E-state index is 0.286. The molecule has 1 N–H and O–H groups in total. The predicted molar refractivity (Wildman–Crippen MR) is 74.9 cm³/mol. The summed E-state index contributed by atoms with van der Waals surface area (Å²) in [6.07, 6.45) is 1.89. The Bertz CT molecular complexity index is 560. The SMILES string of the molecule is Cc1nnc(NC2CCN(CC#N)CC2)c(C#N)c1C. The smallest absolute Gasteiger partial charge is 0.167 e. The molecule has 2 rings (SSSR count). The highest BCUT2D eigenvalue weighted by Crippen LogP contribution is 2.20. The fourth-order valence-corrected chi connectivity index (χ4v) is 2.38. The molecule has 1 aromatic rings. The molecule has 0 aliphatic carbocycles. The number of hydrogen-bond acceptors (Lipinski definition) is 6. The van der Waals surface area contributed by atoms with Gasteiger partial charge in [-0.05, 0) is 32.3 Å². The van der Waals surface area contributed by atoms with Gasteiger partial charge in [0.2, 0.25) is 0 Å². The Hall–Kier alpha value is -2.18. The lowest BCUT2D eigenvalue weighted by atomic mass is 10.0. The summed E-state index contributed by atoms with van der Waals surface area (Å²) in [5, 5.41) is 29.5. The van der Waals surface area contributed by atoms with E-state index in [-0.39, 0.29) is 6.04 Å². The first-order chi connectivity index (χ1) is 9.65. The van der Waals surface area contributed by atoms with Crippen LogP contribution in [0.4, 0.5) is 5.82 Å². The molecule has 2 heterocycles. The van der Waals surface area contributed by atoms with Crippen molar-refractivity contribution in [3.63, 3.8) is 0 Å². The van der Waals surface area contributed by atoms with Crippen molar-refractivity contribution in [3.8, 4) is 12.1 Å². The summed E-state index contributed by atoms with van der Waals surface area (Å²) >= 11 is 0. The van der Waals surface area contributed by atoms with Crippen LogP contribution in [0.25, 0.3) is 0 Å². The van der Waals surface area contributed by atoms with Crippen LogP contribution in [0.2, 0.25) is 0 Å². The van der Waals surface area contributed by atoms with Crippen molar-refractivity contribution < 1.29 is 0 Å². The molecule has 1 aliphatic heterocycles. The number of aromatic nitrogens is 2. The van der Waals surface area contributed by atoms with Crippen LogP contribution in [0.1, 0.15) is 29.7 Å². The van der Waals surface area contributed by atoms with Crippen LogP contribution in [0, 0.1) is 36.5 Å². The van der Waals surface area contributed by atoms with Gasteiger partial charge in [0.15, 0.2) is 5.82 Å². The third-order valence-electron chi connectivity index (χ3n) is 3.79. The molecule has 0 aromatic carbocycles. The fraction of sp³-hybridized carbons (Fsp3) is 0.571. The van der Waals surface area contributed by atoms with E-state index in [2.05, 4.69) is 32.6 Å². The molecule has 1 fully saturated rings. The maximum atomic E-state index is 9.26. The summed E-state index contributed by atoms with van der Waals surface area (Å²) in [5.74, 6) is 0.578. The highest BCUT2D eigenvalue weighted by Gasteiger charge is 2.21. The van der Waals surface area contributed by atoms with E-state index in [1.165, 1.54) is 0 Å². The predicted octanol–water partition coefficient (Wildman–Crippen LogP) is 1.37. The van der Waals surface area contributed by atoms with Crippen molar-refractivity contribution in [2.75, 3.05) is 25.0 Å². The van der Waals surface area contributed by atoms with E-state index in [1.807, 2.05) is 13.8 Å². The first-order valence-corrected chi connectivity index (χ1v) is 6.75. The molecule has 6 nitrogen and oxygen atoms in total. The van der Waals surface area contributed by atoms with E-state index < -0.39 is 0 Å². The fourth-order valence-electron chi connectivity index (χ4n) is 2.38. The van der Waals surface area contributed by atoms with Gasteiger partial charge in [0.05, 0.1) is 18.3 Å². The average molecular weight is 270 g/mol. The van der Waals surface area contributed by atoms with Crippen LogP contribution in [0.5, 0.6) is 0 Å². The van der Waals surface area contributed by atoms with Gasteiger partial charge in [0.1, 0.15) is 11.6 Å². The third-order valence-corrected chi connectivity index (χ3v) is 3.79. The number of likely N-dealkylation sites (tertiary alicyclic amines) is 1. The standard InChI is InChI=1S/C14H18N6/c1-10-11(2)18-19-14(13(10)9-16)17-12-3-6-20(7-4-12)8-5-15/h12H,3-4,6-8H2,1-2H3,(H,17,19). The maximum Gasteiger partial charge on any atom is 0.167 e. The topological polar surface area (TPSA) is 88.6 Å². The van der Waals surface area contributed by atoms with Gasteiger partial charge >= 0.3 is 0 Å². The molecule has 0 radical (unpaired) electrons. The first kappa shape index (κ1) is 14.2. The molecule has 0 atom stereocenters. The molecule has 0 amide bonds. The quantitative estimate of drug-likeness (QED) is 0.834. The summed E-state index contributed by atoms with van der Waals surface area (Å²) in [5.41, 5.74) is 2.25. The molecular weight excluding hydrogens is 252 g/mol. The van der Waals surface area contributed by atoms with Gasteiger partial charge in [0, 0.05) is 19.1 Å². The Morgan fingerprint density at radius 1 is 1.25 bits per heavy atom. The summed E-state index contributed by atoms with van der Waals surface area (Å²) in [6.45, 7) is 6.02. The molecule has 0 spiro atoms. The first-order valence-electron chi connectivity index (χ1n) is 6.75. The number of nitrogens with zero attached hydrogens (tertiary/aromatic N) is 5. The van der Waals surface area contributed by atoms with Gasteiger partial charge in [-0.2, -0.15) is 15.6 Å². The van der Waals surface area contributed by atoms with Crippen LogP contribution in [-0.4, -0.2) is 40.8 Å². The maximum absolute atomic E-state index is 9.26. The van der Waals surface area contributed by atoms with E-state index >= 15 is 0 Å².